The Kier molecular flexibility index (Phi) is 5.39. The lowest BCUT2D eigenvalue weighted by atomic mass is 9.89. The largest absolute Gasteiger partial charge is 0.349 e. The van der Waals surface area contributed by atoms with E-state index in [9.17, 15) is 4.79 Å². The van der Waals surface area contributed by atoms with Gasteiger partial charge in [0, 0.05) is 30.2 Å². The molecule has 0 spiro atoms. The van der Waals surface area contributed by atoms with E-state index in [1.165, 1.54) is 0 Å². The number of carbonyl (C=O) groups excluding carboxylic acids is 1. The first kappa shape index (κ1) is 17.2. The molecule has 1 aliphatic rings. The van der Waals surface area contributed by atoms with Gasteiger partial charge in [-0.1, -0.05) is 41.4 Å². The average molecular weight is 364 g/mol. The van der Waals surface area contributed by atoms with Gasteiger partial charge in [-0.25, -0.2) is 4.98 Å². The number of benzene rings is 1. The Morgan fingerprint density at radius 1 is 1.29 bits per heavy atom. The number of carbonyl (C=O) groups is 1. The maximum atomic E-state index is 12.7. The lowest BCUT2D eigenvalue weighted by Gasteiger charge is -2.21. The molecule has 24 heavy (non-hydrogen) atoms. The number of pyridine rings is 1. The summed E-state index contributed by atoms with van der Waals surface area (Å²) in [5.74, 6) is 0.00311. The molecule has 1 saturated heterocycles. The van der Waals surface area contributed by atoms with Crippen LogP contribution in [0.3, 0.4) is 0 Å². The third kappa shape index (κ3) is 3.89. The van der Waals surface area contributed by atoms with Crippen molar-refractivity contribution in [2.24, 2.45) is 5.92 Å². The average Bonchev–Trinajstić information content (AvgIpc) is 3.05. The van der Waals surface area contributed by atoms with E-state index in [0.29, 0.717) is 16.7 Å². The summed E-state index contributed by atoms with van der Waals surface area (Å²) >= 11 is 11.9. The minimum Gasteiger partial charge on any atom is -0.349 e. The summed E-state index contributed by atoms with van der Waals surface area (Å²) in [6.45, 7) is 3.37. The van der Waals surface area contributed by atoms with Crippen molar-refractivity contribution in [3.8, 4) is 0 Å². The summed E-state index contributed by atoms with van der Waals surface area (Å²) in [5, 5.41) is 7.51. The summed E-state index contributed by atoms with van der Waals surface area (Å²) in [6.07, 6.45) is 1.75. The van der Waals surface area contributed by atoms with Crippen LogP contribution in [0.2, 0.25) is 10.2 Å². The highest BCUT2D eigenvalue weighted by atomic mass is 35.5. The Bertz CT molecular complexity index is 720. The van der Waals surface area contributed by atoms with Crippen molar-refractivity contribution >= 4 is 29.1 Å². The van der Waals surface area contributed by atoms with Crippen molar-refractivity contribution < 1.29 is 4.79 Å². The van der Waals surface area contributed by atoms with Gasteiger partial charge in [0.25, 0.3) is 0 Å². The van der Waals surface area contributed by atoms with Gasteiger partial charge in [-0.15, -0.1) is 0 Å². The highest BCUT2D eigenvalue weighted by Crippen LogP contribution is 2.29. The number of hydrogen-bond acceptors (Lipinski definition) is 3. The Morgan fingerprint density at radius 3 is 2.83 bits per heavy atom. The van der Waals surface area contributed by atoms with E-state index in [0.717, 1.165) is 17.7 Å². The molecule has 0 saturated carbocycles. The van der Waals surface area contributed by atoms with Crippen molar-refractivity contribution in [3.63, 3.8) is 0 Å². The second-order valence-electron chi connectivity index (χ2n) is 6.07. The normalized spacial score (nSPS) is 21.5. The zero-order valence-corrected chi connectivity index (χ0v) is 14.8. The summed E-state index contributed by atoms with van der Waals surface area (Å²) in [5.41, 5.74) is 2.02. The van der Waals surface area contributed by atoms with E-state index < -0.39 is 0 Å². The number of rotatable bonds is 4. The summed E-state index contributed by atoms with van der Waals surface area (Å²) in [7, 11) is 0. The third-order valence-corrected chi connectivity index (χ3v) is 4.90. The summed E-state index contributed by atoms with van der Waals surface area (Å²) in [4.78, 5) is 16.9. The maximum absolute atomic E-state index is 12.7. The van der Waals surface area contributed by atoms with Crippen LogP contribution in [-0.4, -0.2) is 24.0 Å². The van der Waals surface area contributed by atoms with Crippen LogP contribution in [0.1, 0.15) is 30.0 Å². The van der Waals surface area contributed by atoms with Crippen LogP contribution in [0.4, 0.5) is 0 Å². The van der Waals surface area contributed by atoms with Crippen LogP contribution in [0.15, 0.2) is 42.6 Å². The van der Waals surface area contributed by atoms with Gasteiger partial charge in [0.2, 0.25) is 5.91 Å². The quantitative estimate of drug-likeness (QED) is 0.816. The third-order valence-electron chi connectivity index (χ3n) is 4.44. The molecule has 3 rings (SSSR count). The van der Waals surface area contributed by atoms with E-state index in [1.54, 1.807) is 12.3 Å². The van der Waals surface area contributed by atoms with Crippen LogP contribution >= 0.6 is 23.2 Å². The molecule has 2 N–H and O–H groups in total. The monoisotopic (exact) mass is 363 g/mol. The van der Waals surface area contributed by atoms with Gasteiger partial charge in [-0.05, 0) is 36.2 Å². The molecule has 4 nitrogen and oxygen atoms in total. The summed E-state index contributed by atoms with van der Waals surface area (Å²) in [6, 6.07) is 11.2. The molecule has 0 aliphatic carbocycles. The van der Waals surface area contributed by atoms with E-state index >= 15 is 0 Å². The van der Waals surface area contributed by atoms with Crippen molar-refractivity contribution in [2.45, 2.75) is 18.9 Å². The van der Waals surface area contributed by atoms with Gasteiger partial charge in [-0.2, -0.15) is 0 Å². The second-order valence-corrected chi connectivity index (χ2v) is 6.89. The Balaban J connectivity index is 1.70. The number of halogens is 2. The SMILES string of the molecule is CC(NC(=O)C1CNCC1c1ccc(Cl)nc1)c1cccc(Cl)c1. The van der Waals surface area contributed by atoms with Crippen LogP contribution in [0, 0.1) is 5.92 Å². The lowest BCUT2D eigenvalue weighted by Crippen LogP contribution is -2.36. The van der Waals surface area contributed by atoms with Gasteiger partial charge in [0.05, 0.1) is 12.0 Å². The van der Waals surface area contributed by atoms with E-state index in [2.05, 4.69) is 15.6 Å². The molecule has 2 aromatic rings. The minimum absolute atomic E-state index is 0.0347. The summed E-state index contributed by atoms with van der Waals surface area (Å²) < 4.78 is 0. The molecular weight excluding hydrogens is 345 g/mol. The molecule has 0 radical (unpaired) electrons. The van der Waals surface area contributed by atoms with Gasteiger partial charge in [0.1, 0.15) is 5.15 Å². The fraction of sp³-hybridized carbons (Fsp3) is 0.333. The van der Waals surface area contributed by atoms with Gasteiger partial charge >= 0.3 is 0 Å². The molecule has 1 aliphatic heterocycles. The van der Waals surface area contributed by atoms with Crippen LogP contribution < -0.4 is 10.6 Å². The maximum Gasteiger partial charge on any atom is 0.225 e. The Hall–Kier alpha value is -1.62. The molecule has 2 heterocycles. The van der Waals surface area contributed by atoms with E-state index in [4.69, 9.17) is 23.2 Å². The predicted octanol–water partition coefficient (Wildman–Crippen LogP) is 3.57. The molecule has 0 bridgehead atoms. The number of nitrogens with zero attached hydrogens (tertiary/aromatic N) is 1. The number of amides is 1. The number of hydrogen-bond donors (Lipinski definition) is 2. The van der Waals surface area contributed by atoms with E-state index in [-0.39, 0.29) is 23.8 Å². The highest BCUT2D eigenvalue weighted by molar-refractivity contribution is 6.30. The molecule has 1 aromatic heterocycles. The fourth-order valence-corrected chi connectivity index (χ4v) is 3.40. The van der Waals surface area contributed by atoms with Crippen LogP contribution in [0.5, 0.6) is 0 Å². The first-order chi connectivity index (χ1) is 11.5. The molecule has 1 fully saturated rings. The molecule has 3 unspecified atom stereocenters. The zero-order valence-electron chi connectivity index (χ0n) is 13.3. The first-order valence-corrected chi connectivity index (χ1v) is 8.68. The molecule has 3 atom stereocenters. The molecular formula is C18H19Cl2N3O. The van der Waals surface area contributed by atoms with Gasteiger partial charge in [-0.3, -0.25) is 4.79 Å². The fourth-order valence-electron chi connectivity index (χ4n) is 3.09. The molecule has 1 aromatic carbocycles. The second kappa shape index (κ2) is 7.51. The van der Waals surface area contributed by atoms with Crippen LogP contribution in [-0.2, 0) is 4.79 Å². The standard InChI is InChI=1S/C18H19Cl2N3O/c1-11(12-3-2-4-14(19)7-12)23-18(24)16-10-21-9-15(16)13-5-6-17(20)22-8-13/h2-8,11,15-16,21H,9-10H2,1H3,(H,23,24). The Labute approximate surface area is 151 Å². The number of aromatic nitrogens is 1. The van der Waals surface area contributed by atoms with Gasteiger partial charge in [0.15, 0.2) is 0 Å². The topological polar surface area (TPSA) is 54.0 Å². The highest BCUT2D eigenvalue weighted by Gasteiger charge is 2.34. The molecule has 6 heteroatoms. The molecule has 126 valence electrons. The van der Waals surface area contributed by atoms with Crippen molar-refractivity contribution in [3.05, 3.63) is 63.9 Å². The number of nitrogens with one attached hydrogen (secondary N) is 2. The van der Waals surface area contributed by atoms with Crippen molar-refractivity contribution in [1.29, 1.82) is 0 Å². The van der Waals surface area contributed by atoms with Crippen molar-refractivity contribution in [2.75, 3.05) is 13.1 Å². The predicted molar refractivity (Wildman–Crippen MR) is 96.4 cm³/mol. The van der Waals surface area contributed by atoms with E-state index in [1.807, 2.05) is 37.3 Å². The smallest absolute Gasteiger partial charge is 0.225 e. The molecule has 1 amide bonds. The van der Waals surface area contributed by atoms with Gasteiger partial charge < -0.3 is 10.6 Å². The zero-order chi connectivity index (χ0) is 17.1. The first-order valence-electron chi connectivity index (χ1n) is 7.92. The van der Waals surface area contributed by atoms with Crippen molar-refractivity contribution in [1.82, 2.24) is 15.6 Å². The lowest BCUT2D eigenvalue weighted by molar-refractivity contribution is -0.125. The van der Waals surface area contributed by atoms with Crippen LogP contribution in [0.25, 0.3) is 0 Å². The Morgan fingerprint density at radius 2 is 2.12 bits per heavy atom. The minimum atomic E-state index is -0.130.